The maximum absolute atomic E-state index is 13.0. The van der Waals surface area contributed by atoms with Crippen molar-refractivity contribution in [2.45, 2.75) is 36.2 Å². The van der Waals surface area contributed by atoms with Crippen LogP contribution in [0.25, 0.3) is 16.7 Å². The maximum Gasteiger partial charge on any atom is 0.265 e. The first-order valence-electron chi connectivity index (χ1n) is 10.4. The minimum Gasteiger partial charge on any atom is -0.385 e. The number of anilines is 1. The first-order chi connectivity index (χ1) is 15.3. The van der Waals surface area contributed by atoms with Crippen LogP contribution in [0.2, 0.25) is 0 Å². The molecule has 0 aliphatic heterocycles. The predicted molar refractivity (Wildman–Crippen MR) is 118 cm³/mol. The van der Waals surface area contributed by atoms with Crippen molar-refractivity contribution in [3.05, 3.63) is 60.7 Å². The van der Waals surface area contributed by atoms with Gasteiger partial charge in [0, 0.05) is 18.6 Å². The molecule has 2 saturated carbocycles. The van der Waals surface area contributed by atoms with Gasteiger partial charge in [-0.2, -0.15) is 10.2 Å². The lowest BCUT2D eigenvalue weighted by atomic mass is 9.65. The molecule has 2 N–H and O–H groups in total. The van der Waals surface area contributed by atoms with Gasteiger partial charge >= 0.3 is 0 Å². The van der Waals surface area contributed by atoms with Crippen molar-refractivity contribution in [2.75, 3.05) is 4.72 Å². The average molecular weight is 451 g/mol. The quantitative estimate of drug-likeness (QED) is 0.483. The van der Waals surface area contributed by atoms with E-state index in [0.717, 1.165) is 23.8 Å². The number of aryl methyl sites for hydroxylation is 1. The lowest BCUT2D eigenvalue weighted by Gasteiger charge is -2.45. The molecular formula is C22H22N6O3S. The Balaban J connectivity index is 1.29. The highest BCUT2D eigenvalue weighted by molar-refractivity contribution is 7.92. The van der Waals surface area contributed by atoms with Crippen molar-refractivity contribution in [1.29, 1.82) is 0 Å². The fourth-order valence-electron chi connectivity index (χ4n) is 4.85. The second-order valence-electron chi connectivity index (χ2n) is 9.03. The summed E-state index contributed by atoms with van der Waals surface area (Å²) in [6.07, 6.45) is 9.93. The monoisotopic (exact) mass is 450 g/mol. The van der Waals surface area contributed by atoms with Crippen LogP contribution < -0.4 is 4.72 Å². The molecule has 2 aliphatic rings. The highest BCUT2D eigenvalue weighted by atomic mass is 32.2. The normalized spacial score (nSPS) is 18.6. The lowest BCUT2D eigenvalue weighted by Crippen LogP contribution is -2.42. The fraction of sp³-hybridized carbons (Fsp3) is 0.318. The van der Waals surface area contributed by atoms with Gasteiger partial charge in [-0.25, -0.2) is 18.1 Å². The van der Waals surface area contributed by atoms with Gasteiger partial charge in [-0.1, -0.05) is 12.1 Å². The molecule has 3 aromatic heterocycles. The molecule has 0 unspecified atom stereocenters. The van der Waals surface area contributed by atoms with E-state index in [9.17, 15) is 13.5 Å². The van der Waals surface area contributed by atoms with E-state index in [-0.39, 0.29) is 4.90 Å². The number of para-hydroxylation sites is 1. The van der Waals surface area contributed by atoms with Crippen molar-refractivity contribution in [3.8, 4) is 5.82 Å². The standard InChI is InChI=1S/C22H22N6O3S/c1-27-20-15(10-24-27)3-2-4-18(20)26-32(30,31)17-11-25-28(12-17)19-9-16(5-8-23-19)22(29)13-21(14-22)6-7-21/h2-5,8-12,26,29H,6-7,13-14H2,1H3. The smallest absolute Gasteiger partial charge is 0.265 e. The highest BCUT2D eigenvalue weighted by Gasteiger charge is 2.60. The molecule has 9 nitrogen and oxygen atoms in total. The summed E-state index contributed by atoms with van der Waals surface area (Å²) in [4.78, 5) is 4.34. The van der Waals surface area contributed by atoms with Gasteiger partial charge in [0.15, 0.2) is 5.82 Å². The van der Waals surface area contributed by atoms with Crippen molar-refractivity contribution in [3.63, 3.8) is 0 Å². The second-order valence-corrected chi connectivity index (χ2v) is 10.7. The number of aromatic nitrogens is 5. The lowest BCUT2D eigenvalue weighted by molar-refractivity contribution is -0.0917. The van der Waals surface area contributed by atoms with E-state index >= 15 is 0 Å². The summed E-state index contributed by atoms with van der Waals surface area (Å²) in [5.41, 5.74) is 1.44. The van der Waals surface area contributed by atoms with E-state index < -0.39 is 15.6 Å². The molecule has 2 fully saturated rings. The molecule has 4 aromatic rings. The molecule has 0 radical (unpaired) electrons. The Bertz CT molecular complexity index is 1460. The summed E-state index contributed by atoms with van der Waals surface area (Å²) >= 11 is 0. The summed E-state index contributed by atoms with van der Waals surface area (Å²) in [6.45, 7) is 0. The van der Waals surface area contributed by atoms with Gasteiger partial charge in [0.05, 0.1) is 35.4 Å². The number of hydrogen-bond donors (Lipinski definition) is 2. The maximum atomic E-state index is 13.0. The molecule has 0 atom stereocenters. The van der Waals surface area contributed by atoms with Crippen molar-refractivity contribution >= 4 is 26.6 Å². The third kappa shape index (κ3) is 3.01. The van der Waals surface area contributed by atoms with E-state index in [1.807, 2.05) is 12.1 Å². The molecule has 10 heteroatoms. The van der Waals surface area contributed by atoms with Gasteiger partial charge in [-0.15, -0.1) is 0 Å². The molecule has 1 aromatic carbocycles. The Labute approximate surface area is 184 Å². The molecule has 164 valence electrons. The van der Waals surface area contributed by atoms with E-state index in [4.69, 9.17) is 0 Å². The van der Waals surface area contributed by atoms with Gasteiger partial charge in [-0.05, 0) is 54.9 Å². The Kier molecular flexibility index (Phi) is 3.89. The zero-order chi connectivity index (χ0) is 22.1. The summed E-state index contributed by atoms with van der Waals surface area (Å²) in [7, 11) is -2.12. The number of fused-ring (bicyclic) bond motifs is 1. The molecule has 3 heterocycles. The Morgan fingerprint density at radius 3 is 2.72 bits per heavy atom. The van der Waals surface area contributed by atoms with Crippen LogP contribution in [-0.2, 0) is 22.7 Å². The van der Waals surface area contributed by atoms with Crippen LogP contribution in [0, 0.1) is 5.41 Å². The first-order valence-corrected chi connectivity index (χ1v) is 11.9. The van der Waals surface area contributed by atoms with Gasteiger partial charge in [0.2, 0.25) is 0 Å². The van der Waals surface area contributed by atoms with Crippen molar-refractivity contribution < 1.29 is 13.5 Å². The number of nitrogens with one attached hydrogen (secondary N) is 1. The number of benzene rings is 1. The third-order valence-corrected chi connectivity index (χ3v) is 8.00. The largest absolute Gasteiger partial charge is 0.385 e. The zero-order valence-corrected chi connectivity index (χ0v) is 18.2. The number of sulfonamides is 1. The number of nitrogens with zero attached hydrogens (tertiary/aromatic N) is 5. The van der Waals surface area contributed by atoms with E-state index in [1.165, 1.54) is 29.9 Å². The number of pyridine rings is 1. The van der Waals surface area contributed by atoms with Crippen LogP contribution >= 0.6 is 0 Å². The summed E-state index contributed by atoms with van der Waals surface area (Å²) in [5.74, 6) is 0.461. The van der Waals surface area contributed by atoms with Gasteiger partial charge in [0.25, 0.3) is 10.0 Å². The molecule has 1 spiro atoms. The number of rotatable bonds is 5. The van der Waals surface area contributed by atoms with E-state index in [1.54, 1.807) is 42.3 Å². The van der Waals surface area contributed by atoms with Crippen LogP contribution in [0.4, 0.5) is 5.69 Å². The molecule has 0 saturated heterocycles. The molecule has 6 rings (SSSR count). The molecule has 0 amide bonds. The fourth-order valence-corrected chi connectivity index (χ4v) is 5.84. The van der Waals surface area contributed by atoms with E-state index in [2.05, 4.69) is 19.9 Å². The van der Waals surface area contributed by atoms with Crippen LogP contribution in [0.15, 0.2) is 60.0 Å². The minimum absolute atomic E-state index is 0.0168. The molecular weight excluding hydrogens is 428 g/mol. The van der Waals surface area contributed by atoms with Crippen LogP contribution in [0.3, 0.4) is 0 Å². The van der Waals surface area contributed by atoms with Gasteiger partial charge < -0.3 is 5.11 Å². The summed E-state index contributed by atoms with van der Waals surface area (Å²) in [5, 5.41) is 20.2. The van der Waals surface area contributed by atoms with Crippen LogP contribution in [0.5, 0.6) is 0 Å². The topological polar surface area (TPSA) is 115 Å². The van der Waals surface area contributed by atoms with Crippen LogP contribution in [-0.4, -0.2) is 38.1 Å². The second kappa shape index (κ2) is 6.39. The number of aliphatic hydroxyl groups is 1. The molecule has 0 bridgehead atoms. The Hall–Kier alpha value is -3.24. The zero-order valence-electron chi connectivity index (χ0n) is 17.4. The van der Waals surface area contributed by atoms with Gasteiger partial charge in [-0.3, -0.25) is 9.40 Å². The first kappa shape index (κ1) is 19.4. The van der Waals surface area contributed by atoms with Crippen LogP contribution in [0.1, 0.15) is 31.2 Å². The molecule has 32 heavy (non-hydrogen) atoms. The average Bonchev–Trinajstić information content (AvgIpc) is 3.18. The summed E-state index contributed by atoms with van der Waals surface area (Å²) in [6, 6.07) is 8.94. The van der Waals surface area contributed by atoms with Gasteiger partial charge in [0.1, 0.15) is 4.90 Å². The SMILES string of the molecule is Cn1ncc2cccc(NS(=O)(=O)c3cnn(-c4cc(C5(O)CC6(CC6)C5)ccn4)c3)c21. The third-order valence-electron chi connectivity index (χ3n) is 6.68. The Morgan fingerprint density at radius 2 is 1.94 bits per heavy atom. The minimum atomic E-state index is -3.88. The highest BCUT2D eigenvalue weighted by Crippen LogP contribution is 2.67. The number of hydrogen-bond acceptors (Lipinski definition) is 6. The Morgan fingerprint density at radius 1 is 1.12 bits per heavy atom. The van der Waals surface area contributed by atoms with E-state index in [0.29, 0.717) is 22.4 Å². The molecule has 2 aliphatic carbocycles. The summed E-state index contributed by atoms with van der Waals surface area (Å²) < 4.78 is 31.7. The predicted octanol–water partition coefficient (Wildman–Crippen LogP) is 2.72. The van der Waals surface area contributed by atoms with Crippen molar-refractivity contribution in [2.24, 2.45) is 12.5 Å². The van der Waals surface area contributed by atoms with Crippen molar-refractivity contribution in [1.82, 2.24) is 24.5 Å².